The van der Waals surface area contributed by atoms with Gasteiger partial charge in [0.05, 0.1) is 5.56 Å². The van der Waals surface area contributed by atoms with Crippen LogP contribution in [-0.2, 0) is 0 Å². The number of nitrogens with two attached hydrogens (primary N) is 1. The van der Waals surface area contributed by atoms with Crippen LogP contribution in [-0.4, -0.2) is 23.2 Å². The monoisotopic (exact) mass is 287 g/mol. The summed E-state index contributed by atoms with van der Waals surface area (Å²) in [5.41, 5.74) is 5.80. The molecule has 0 spiro atoms. The molecule has 4 nitrogen and oxygen atoms in total. The Morgan fingerprint density at radius 3 is 2.33 bits per heavy atom. The van der Waals surface area contributed by atoms with E-state index in [9.17, 15) is 4.79 Å². The molecule has 3 N–H and O–H groups in total. The van der Waals surface area contributed by atoms with Gasteiger partial charge in [-0.1, -0.05) is 26.0 Å². The maximum atomic E-state index is 11.0. The largest absolute Gasteiger partial charge is 0.486 e. The molecule has 0 aliphatic carbocycles. The molecule has 0 radical (unpaired) electrons. The van der Waals surface area contributed by atoms with Gasteiger partial charge in [0.15, 0.2) is 0 Å². The molecular formula is C17H21NO3. The minimum absolute atomic E-state index is 0.287. The molecule has 0 unspecified atom stereocenters. The normalized spacial score (nSPS) is 11.6. The van der Waals surface area contributed by atoms with Gasteiger partial charge >= 0.3 is 5.97 Å². The minimum Gasteiger partial charge on any atom is -0.486 e. The molecule has 0 aliphatic heterocycles. The number of carboxylic acid groups (broad SMARTS) is 1. The molecule has 0 fully saturated rings. The van der Waals surface area contributed by atoms with E-state index in [1.54, 1.807) is 18.2 Å². The standard InChI is InChI=1S/C17H21NO3/c1-3-17(4-2,11-18)21-15-8-7-12-9-14(16(19)20)6-5-13(12)10-15/h5-10H,3-4,11,18H2,1-2H3,(H,19,20). The van der Waals surface area contributed by atoms with Crippen molar-refractivity contribution in [2.45, 2.75) is 32.3 Å². The summed E-state index contributed by atoms with van der Waals surface area (Å²) < 4.78 is 6.09. The van der Waals surface area contributed by atoms with Crippen LogP contribution in [0.25, 0.3) is 10.8 Å². The molecule has 0 bridgehead atoms. The molecule has 0 atom stereocenters. The molecule has 2 rings (SSSR count). The lowest BCUT2D eigenvalue weighted by atomic mass is 9.97. The highest BCUT2D eigenvalue weighted by Gasteiger charge is 2.26. The third-order valence-corrected chi connectivity index (χ3v) is 4.05. The van der Waals surface area contributed by atoms with Crippen LogP contribution in [0.4, 0.5) is 0 Å². The lowest BCUT2D eigenvalue weighted by Gasteiger charge is -2.31. The van der Waals surface area contributed by atoms with Gasteiger partial charge in [-0.15, -0.1) is 0 Å². The fourth-order valence-electron chi connectivity index (χ4n) is 2.40. The van der Waals surface area contributed by atoms with E-state index in [0.29, 0.717) is 6.54 Å². The molecule has 112 valence electrons. The quantitative estimate of drug-likeness (QED) is 0.853. The third kappa shape index (κ3) is 3.16. The average Bonchev–Trinajstić information content (AvgIpc) is 2.52. The highest BCUT2D eigenvalue weighted by Crippen LogP contribution is 2.27. The van der Waals surface area contributed by atoms with Crippen molar-refractivity contribution in [1.82, 2.24) is 0 Å². The maximum Gasteiger partial charge on any atom is 0.335 e. The van der Waals surface area contributed by atoms with Gasteiger partial charge in [-0.2, -0.15) is 0 Å². The second-order valence-electron chi connectivity index (χ2n) is 5.23. The lowest BCUT2D eigenvalue weighted by molar-refractivity contribution is 0.0691. The van der Waals surface area contributed by atoms with E-state index in [1.165, 1.54) is 0 Å². The van der Waals surface area contributed by atoms with Crippen molar-refractivity contribution in [2.24, 2.45) is 5.73 Å². The summed E-state index contributed by atoms with van der Waals surface area (Å²) in [4.78, 5) is 11.0. The first-order valence-corrected chi connectivity index (χ1v) is 7.20. The van der Waals surface area contributed by atoms with Crippen molar-refractivity contribution in [3.8, 4) is 5.75 Å². The molecule has 4 heteroatoms. The van der Waals surface area contributed by atoms with Crippen molar-refractivity contribution in [2.75, 3.05) is 6.54 Å². The van der Waals surface area contributed by atoms with E-state index in [-0.39, 0.29) is 11.2 Å². The highest BCUT2D eigenvalue weighted by atomic mass is 16.5. The van der Waals surface area contributed by atoms with Crippen LogP contribution < -0.4 is 10.5 Å². The molecule has 0 saturated heterocycles. The summed E-state index contributed by atoms with van der Waals surface area (Å²) in [5, 5.41) is 10.8. The predicted octanol–water partition coefficient (Wildman–Crippen LogP) is 3.43. The Balaban J connectivity index is 2.35. The van der Waals surface area contributed by atoms with Crippen molar-refractivity contribution >= 4 is 16.7 Å². The van der Waals surface area contributed by atoms with Gasteiger partial charge in [0.1, 0.15) is 11.4 Å². The summed E-state index contributed by atoms with van der Waals surface area (Å²) >= 11 is 0. The Labute approximate surface area is 124 Å². The molecule has 2 aromatic carbocycles. The Kier molecular flexibility index (Phi) is 4.48. The number of hydrogen-bond acceptors (Lipinski definition) is 3. The SMILES string of the molecule is CCC(CC)(CN)Oc1ccc2cc(C(=O)O)ccc2c1. The molecule has 0 aromatic heterocycles. The van der Waals surface area contributed by atoms with Crippen LogP contribution in [0.2, 0.25) is 0 Å². The number of aromatic carboxylic acids is 1. The average molecular weight is 287 g/mol. The fourth-order valence-corrected chi connectivity index (χ4v) is 2.40. The van der Waals surface area contributed by atoms with Crippen molar-refractivity contribution in [1.29, 1.82) is 0 Å². The first-order chi connectivity index (χ1) is 10.0. The van der Waals surface area contributed by atoms with Gasteiger partial charge in [-0.05, 0) is 47.9 Å². The Bertz CT molecular complexity index is 639. The van der Waals surface area contributed by atoms with Gasteiger partial charge in [-0.3, -0.25) is 0 Å². The van der Waals surface area contributed by atoms with Gasteiger partial charge in [0.25, 0.3) is 0 Å². The van der Waals surface area contributed by atoms with E-state index in [1.807, 2.05) is 18.2 Å². The molecule has 21 heavy (non-hydrogen) atoms. The van der Waals surface area contributed by atoms with Crippen LogP contribution >= 0.6 is 0 Å². The lowest BCUT2D eigenvalue weighted by Crippen LogP contribution is -2.42. The maximum absolute atomic E-state index is 11.0. The van der Waals surface area contributed by atoms with Crippen molar-refractivity contribution in [3.05, 3.63) is 42.0 Å². The van der Waals surface area contributed by atoms with Crippen molar-refractivity contribution in [3.63, 3.8) is 0 Å². The summed E-state index contributed by atoms with van der Waals surface area (Å²) in [6.45, 7) is 4.60. The van der Waals surface area contributed by atoms with E-state index in [0.717, 1.165) is 29.4 Å². The smallest absolute Gasteiger partial charge is 0.335 e. The number of carboxylic acids is 1. The van der Waals surface area contributed by atoms with Gasteiger partial charge in [0, 0.05) is 6.54 Å². The van der Waals surface area contributed by atoms with E-state index >= 15 is 0 Å². The zero-order chi connectivity index (χ0) is 15.5. The molecule has 2 aromatic rings. The van der Waals surface area contributed by atoms with E-state index < -0.39 is 5.97 Å². The van der Waals surface area contributed by atoms with Gasteiger partial charge in [-0.25, -0.2) is 4.79 Å². The summed E-state index contributed by atoms with van der Waals surface area (Å²) in [5.74, 6) is -0.156. The van der Waals surface area contributed by atoms with Gasteiger partial charge < -0.3 is 15.6 Å². The Morgan fingerprint density at radius 2 is 1.76 bits per heavy atom. The Hall–Kier alpha value is -2.07. The molecule has 0 saturated carbocycles. The number of benzene rings is 2. The van der Waals surface area contributed by atoms with Crippen LogP contribution in [0.5, 0.6) is 5.75 Å². The number of ether oxygens (including phenoxy) is 1. The van der Waals surface area contributed by atoms with E-state index in [2.05, 4.69) is 13.8 Å². The summed E-state index contributed by atoms with van der Waals surface area (Å²) in [7, 11) is 0. The van der Waals surface area contributed by atoms with Crippen molar-refractivity contribution < 1.29 is 14.6 Å². The topological polar surface area (TPSA) is 72.5 Å². The zero-order valence-corrected chi connectivity index (χ0v) is 12.4. The molecular weight excluding hydrogens is 266 g/mol. The van der Waals surface area contributed by atoms with E-state index in [4.69, 9.17) is 15.6 Å². The molecule has 0 aliphatic rings. The highest BCUT2D eigenvalue weighted by molar-refractivity contribution is 5.94. The van der Waals surface area contributed by atoms with Crippen LogP contribution in [0.15, 0.2) is 36.4 Å². The fraction of sp³-hybridized carbons (Fsp3) is 0.353. The third-order valence-electron chi connectivity index (χ3n) is 4.05. The first-order valence-electron chi connectivity index (χ1n) is 7.20. The number of hydrogen-bond donors (Lipinski definition) is 2. The second-order valence-corrected chi connectivity index (χ2v) is 5.23. The predicted molar refractivity (Wildman–Crippen MR) is 83.9 cm³/mol. The molecule has 0 heterocycles. The zero-order valence-electron chi connectivity index (χ0n) is 12.4. The Morgan fingerprint density at radius 1 is 1.14 bits per heavy atom. The van der Waals surface area contributed by atoms with Crippen LogP contribution in [0, 0.1) is 0 Å². The van der Waals surface area contributed by atoms with Gasteiger partial charge in [0.2, 0.25) is 0 Å². The number of rotatable bonds is 6. The van der Waals surface area contributed by atoms with Crippen LogP contribution in [0.1, 0.15) is 37.0 Å². The summed E-state index contributed by atoms with van der Waals surface area (Å²) in [6.07, 6.45) is 1.69. The summed E-state index contributed by atoms with van der Waals surface area (Å²) in [6, 6.07) is 10.7. The number of carbonyl (C=O) groups is 1. The first kappa shape index (κ1) is 15.3. The van der Waals surface area contributed by atoms with Crippen LogP contribution in [0.3, 0.4) is 0 Å². The second kappa shape index (κ2) is 6.14. The minimum atomic E-state index is -0.920. The number of fused-ring (bicyclic) bond motifs is 1. The molecule has 0 amide bonds.